The average Bonchev–Trinajstić information content (AvgIpc) is 2.66. The third-order valence-electron chi connectivity index (χ3n) is 3.67. The molecule has 1 rings (SSSR count). The number of unbranched alkanes of at least 4 members (excludes halogenated alkanes) is 1. The monoisotopic (exact) mass is 396 g/mol. The quantitative estimate of drug-likeness (QED) is 0.242. The van der Waals surface area contributed by atoms with Crippen molar-refractivity contribution in [3.63, 3.8) is 0 Å². The second kappa shape index (κ2) is 12.7. The number of hydrogen-bond acceptors (Lipinski definition) is 6. The van der Waals surface area contributed by atoms with Gasteiger partial charge in [-0.2, -0.15) is 12.6 Å². The zero-order valence-corrected chi connectivity index (χ0v) is 15.7. The number of alkyl carbamates (subject to hydrolysis) is 1. The van der Waals surface area contributed by atoms with E-state index in [1.807, 2.05) is 18.2 Å². The number of amides is 2. The van der Waals surface area contributed by atoms with E-state index in [9.17, 15) is 24.3 Å². The zero-order valence-electron chi connectivity index (χ0n) is 14.8. The van der Waals surface area contributed by atoms with E-state index in [-0.39, 0.29) is 25.9 Å². The second-order valence-electron chi connectivity index (χ2n) is 5.77. The summed E-state index contributed by atoms with van der Waals surface area (Å²) >= 11 is 4.06. The first kappa shape index (κ1) is 22.5. The Bertz CT molecular complexity index is 626. The van der Waals surface area contributed by atoms with Gasteiger partial charge in [0.05, 0.1) is 0 Å². The molecule has 148 valence electrons. The van der Waals surface area contributed by atoms with E-state index < -0.39 is 30.1 Å². The number of rotatable bonds is 12. The van der Waals surface area contributed by atoms with Crippen LogP contribution in [-0.2, 0) is 25.7 Å². The third kappa shape index (κ3) is 9.09. The molecular formula is C18H24N2O6S. The van der Waals surface area contributed by atoms with Crippen LogP contribution in [-0.4, -0.2) is 47.2 Å². The van der Waals surface area contributed by atoms with Crippen LogP contribution in [0.1, 0.15) is 31.2 Å². The average molecular weight is 396 g/mol. The highest BCUT2D eigenvalue weighted by molar-refractivity contribution is 7.80. The number of aliphatic carboxylic acids is 1. The molecule has 0 spiro atoms. The van der Waals surface area contributed by atoms with Gasteiger partial charge >= 0.3 is 12.1 Å². The van der Waals surface area contributed by atoms with Crippen molar-refractivity contribution < 1.29 is 29.0 Å². The summed E-state index contributed by atoms with van der Waals surface area (Å²) in [5.41, 5.74) is 0.795. The largest absolute Gasteiger partial charge is 0.480 e. The second-order valence-corrected chi connectivity index (χ2v) is 6.22. The molecule has 8 nitrogen and oxygen atoms in total. The van der Waals surface area contributed by atoms with Gasteiger partial charge in [-0.1, -0.05) is 30.3 Å². The number of carbonyl (C=O) groups is 4. The van der Waals surface area contributed by atoms with Crippen molar-refractivity contribution in [1.29, 1.82) is 0 Å². The van der Waals surface area contributed by atoms with Gasteiger partial charge in [0.25, 0.3) is 0 Å². The minimum Gasteiger partial charge on any atom is -0.480 e. The molecule has 0 aromatic heterocycles. The summed E-state index contributed by atoms with van der Waals surface area (Å²) in [6.07, 6.45) is 0.777. The maximum atomic E-state index is 12.3. The highest BCUT2D eigenvalue weighted by atomic mass is 32.1. The molecule has 9 heteroatoms. The molecule has 3 N–H and O–H groups in total. The summed E-state index contributed by atoms with van der Waals surface area (Å²) in [4.78, 5) is 45.9. The van der Waals surface area contributed by atoms with Crippen LogP contribution >= 0.6 is 12.6 Å². The molecule has 0 bridgehead atoms. The smallest absolute Gasteiger partial charge is 0.408 e. The Balaban J connectivity index is 2.58. The maximum absolute atomic E-state index is 12.3. The zero-order chi connectivity index (χ0) is 20.1. The summed E-state index contributed by atoms with van der Waals surface area (Å²) in [5.74, 6) is -1.54. The fraction of sp³-hybridized carbons (Fsp3) is 0.444. The van der Waals surface area contributed by atoms with Gasteiger partial charge in [-0.3, -0.25) is 4.79 Å². The minimum absolute atomic E-state index is 0.0470. The van der Waals surface area contributed by atoms with Gasteiger partial charge in [-0.15, -0.1) is 0 Å². The molecule has 0 heterocycles. The van der Waals surface area contributed by atoms with E-state index >= 15 is 0 Å². The van der Waals surface area contributed by atoms with Crippen molar-refractivity contribution in [1.82, 2.24) is 10.6 Å². The number of carbonyl (C=O) groups excluding carboxylic acids is 3. The van der Waals surface area contributed by atoms with Gasteiger partial charge < -0.3 is 25.3 Å². The molecule has 0 aliphatic rings. The first-order valence-electron chi connectivity index (χ1n) is 8.52. The Kier molecular flexibility index (Phi) is 10.6. The molecule has 2 unspecified atom stereocenters. The van der Waals surface area contributed by atoms with E-state index in [1.54, 1.807) is 12.1 Å². The van der Waals surface area contributed by atoms with Crippen molar-refractivity contribution in [3.05, 3.63) is 35.9 Å². The normalized spacial score (nSPS) is 12.5. The lowest BCUT2D eigenvalue weighted by Gasteiger charge is -2.20. The lowest BCUT2D eigenvalue weighted by molar-refractivity contribution is -0.142. The van der Waals surface area contributed by atoms with E-state index in [2.05, 4.69) is 23.3 Å². The lowest BCUT2D eigenvalue weighted by atomic mass is 10.1. The predicted octanol–water partition coefficient (Wildman–Crippen LogP) is 1.54. The van der Waals surface area contributed by atoms with Gasteiger partial charge in [0, 0.05) is 6.42 Å². The predicted molar refractivity (Wildman–Crippen MR) is 102 cm³/mol. The van der Waals surface area contributed by atoms with Gasteiger partial charge in [-0.25, -0.2) is 9.59 Å². The van der Waals surface area contributed by atoms with Crippen LogP contribution < -0.4 is 10.6 Å². The fourth-order valence-corrected chi connectivity index (χ4v) is 2.50. The van der Waals surface area contributed by atoms with Gasteiger partial charge in [0.15, 0.2) is 0 Å². The summed E-state index contributed by atoms with van der Waals surface area (Å²) in [5, 5.41) is 14.0. The number of aldehydes is 1. The topological polar surface area (TPSA) is 122 Å². The Hall–Kier alpha value is -2.55. The van der Waals surface area contributed by atoms with Crippen molar-refractivity contribution in [2.75, 3.05) is 5.75 Å². The van der Waals surface area contributed by atoms with E-state index in [1.165, 1.54) is 0 Å². The molecular weight excluding hydrogens is 372 g/mol. The van der Waals surface area contributed by atoms with Crippen LogP contribution in [0.25, 0.3) is 0 Å². The number of carboxylic acids is 1. The molecule has 2 amide bonds. The van der Waals surface area contributed by atoms with Gasteiger partial charge in [0.2, 0.25) is 5.91 Å². The molecule has 1 aromatic rings. The third-order valence-corrected chi connectivity index (χ3v) is 3.93. The molecule has 0 aliphatic heterocycles. The van der Waals surface area contributed by atoms with Gasteiger partial charge in [0.1, 0.15) is 25.0 Å². The molecule has 0 aliphatic carbocycles. The molecule has 27 heavy (non-hydrogen) atoms. The highest BCUT2D eigenvalue weighted by Crippen LogP contribution is 2.04. The summed E-state index contributed by atoms with van der Waals surface area (Å²) < 4.78 is 5.08. The fourth-order valence-electron chi connectivity index (χ4n) is 2.24. The molecule has 0 saturated heterocycles. The summed E-state index contributed by atoms with van der Waals surface area (Å²) in [6.45, 7) is 0.0470. The van der Waals surface area contributed by atoms with E-state index in [4.69, 9.17) is 4.74 Å². The lowest BCUT2D eigenvalue weighted by Crippen LogP contribution is -2.51. The molecule has 2 atom stereocenters. The Morgan fingerprint density at radius 2 is 1.81 bits per heavy atom. The Labute approximate surface area is 163 Å². The molecule has 0 saturated carbocycles. The van der Waals surface area contributed by atoms with Crippen LogP contribution in [0.15, 0.2) is 30.3 Å². The highest BCUT2D eigenvalue weighted by Gasteiger charge is 2.26. The van der Waals surface area contributed by atoms with Crippen LogP contribution in [0, 0.1) is 0 Å². The number of carboxylic acid groups (broad SMARTS) is 1. The van der Waals surface area contributed by atoms with Crippen LogP contribution in [0.3, 0.4) is 0 Å². The van der Waals surface area contributed by atoms with Crippen LogP contribution in [0.2, 0.25) is 0 Å². The first-order chi connectivity index (χ1) is 13.0. The van der Waals surface area contributed by atoms with Crippen molar-refractivity contribution in [2.45, 2.75) is 44.4 Å². The van der Waals surface area contributed by atoms with Crippen molar-refractivity contribution in [2.24, 2.45) is 0 Å². The minimum atomic E-state index is -1.20. The standard InChI is InChI=1S/C18H24N2O6S/c21-10-5-4-8-15(17(23)24)19-16(22)14(9-11-27)20-18(25)26-12-13-6-2-1-3-7-13/h1-3,6-7,10,14-15,27H,4-5,8-9,11-12H2,(H,19,22)(H,20,25)(H,23,24). The maximum Gasteiger partial charge on any atom is 0.408 e. The van der Waals surface area contributed by atoms with Crippen molar-refractivity contribution in [3.8, 4) is 0 Å². The number of hydrogen-bond donors (Lipinski definition) is 4. The Morgan fingerprint density at radius 3 is 2.41 bits per heavy atom. The number of nitrogens with one attached hydrogen (secondary N) is 2. The number of thiol groups is 1. The van der Waals surface area contributed by atoms with Crippen LogP contribution in [0.5, 0.6) is 0 Å². The SMILES string of the molecule is O=CCCCC(NC(=O)C(CCS)NC(=O)OCc1ccccc1)C(=O)O. The van der Waals surface area contributed by atoms with Gasteiger partial charge in [-0.05, 0) is 30.6 Å². The number of ether oxygens (including phenoxy) is 1. The van der Waals surface area contributed by atoms with E-state index in [0.29, 0.717) is 18.5 Å². The van der Waals surface area contributed by atoms with Crippen molar-refractivity contribution >= 4 is 36.9 Å². The number of benzene rings is 1. The summed E-state index contributed by atoms with van der Waals surface area (Å²) in [7, 11) is 0. The molecule has 0 fully saturated rings. The Morgan fingerprint density at radius 1 is 1.11 bits per heavy atom. The van der Waals surface area contributed by atoms with Crippen LogP contribution in [0.4, 0.5) is 4.79 Å². The first-order valence-corrected chi connectivity index (χ1v) is 9.16. The van der Waals surface area contributed by atoms with E-state index in [0.717, 1.165) is 5.56 Å². The summed E-state index contributed by atoms with van der Waals surface area (Å²) in [6, 6.07) is 6.93. The molecule has 0 radical (unpaired) electrons. The molecule has 1 aromatic carbocycles.